The highest BCUT2D eigenvalue weighted by atomic mass is 15.5. The second-order valence-electron chi connectivity index (χ2n) is 4.58. The Morgan fingerprint density at radius 2 is 2.23 bits per heavy atom. The van der Waals surface area contributed by atoms with Crippen molar-refractivity contribution in [1.29, 1.82) is 0 Å². The molecule has 0 aliphatic carbocycles. The lowest BCUT2D eigenvalue weighted by atomic mass is 9.81. The first-order valence-electron chi connectivity index (χ1n) is 5.28. The fourth-order valence-electron chi connectivity index (χ4n) is 2.28. The first kappa shape index (κ1) is 10.6. The van der Waals surface area contributed by atoms with Crippen LogP contribution >= 0.6 is 0 Å². The fraction of sp³-hybridized carbons (Fsp3) is 0.909. The van der Waals surface area contributed by atoms with Gasteiger partial charge in [-0.2, -0.15) is 5.10 Å². The van der Waals surface area contributed by atoms with Crippen LogP contribution in [0, 0.1) is 5.92 Å². The molecule has 0 amide bonds. The van der Waals surface area contributed by atoms with E-state index in [-0.39, 0.29) is 5.54 Å². The first-order chi connectivity index (χ1) is 6.00. The van der Waals surface area contributed by atoms with E-state index in [1.165, 1.54) is 18.6 Å². The molecule has 2 atom stereocenters. The Kier molecular flexibility index (Phi) is 2.99. The van der Waals surface area contributed by atoms with E-state index < -0.39 is 0 Å². The maximum atomic E-state index is 4.50. The van der Waals surface area contributed by atoms with Crippen molar-refractivity contribution in [2.75, 3.05) is 7.05 Å². The topological polar surface area (TPSA) is 15.6 Å². The molecule has 1 aliphatic heterocycles. The molecule has 2 unspecified atom stereocenters. The van der Waals surface area contributed by atoms with Crippen LogP contribution in [0.5, 0.6) is 0 Å². The average Bonchev–Trinajstić information content (AvgIpc) is 2.28. The molecule has 1 aliphatic rings. The maximum absolute atomic E-state index is 4.50. The summed E-state index contributed by atoms with van der Waals surface area (Å²) in [5.74, 6) is 0.726. The number of hydrogen-bond donors (Lipinski definition) is 0. The van der Waals surface area contributed by atoms with Gasteiger partial charge in [-0.05, 0) is 26.2 Å². The summed E-state index contributed by atoms with van der Waals surface area (Å²) in [5.41, 5.74) is 1.54. The molecule has 1 rings (SSSR count). The van der Waals surface area contributed by atoms with E-state index in [1.807, 2.05) is 0 Å². The van der Waals surface area contributed by atoms with Crippen molar-refractivity contribution in [3.63, 3.8) is 0 Å². The normalized spacial score (nSPS) is 30.5. The van der Waals surface area contributed by atoms with Gasteiger partial charge in [0.25, 0.3) is 0 Å². The van der Waals surface area contributed by atoms with Crippen LogP contribution in [0.3, 0.4) is 0 Å². The minimum atomic E-state index is 0.264. The molecule has 0 saturated carbocycles. The second-order valence-corrected chi connectivity index (χ2v) is 4.58. The van der Waals surface area contributed by atoms with Crippen molar-refractivity contribution in [3.8, 4) is 0 Å². The molecule has 0 fully saturated rings. The Bertz CT molecular complexity index is 210. The number of nitrogens with zero attached hydrogens (tertiary/aromatic N) is 2. The Morgan fingerprint density at radius 3 is 2.62 bits per heavy atom. The number of hydrogen-bond acceptors (Lipinski definition) is 2. The predicted octanol–water partition coefficient (Wildman–Crippen LogP) is 2.89. The highest BCUT2D eigenvalue weighted by Crippen LogP contribution is 2.35. The summed E-state index contributed by atoms with van der Waals surface area (Å²) in [4.78, 5) is 0. The van der Waals surface area contributed by atoms with Gasteiger partial charge in [-0.1, -0.05) is 20.3 Å². The van der Waals surface area contributed by atoms with Crippen LogP contribution in [0.2, 0.25) is 0 Å². The molecule has 0 N–H and O–H groups in total. The molecule has 0 saturated heterocycles. The lowest BCUT2D eigenvalue weighted by molar-refractivity contribution is 0.103. The van der Waals surface area contributed by atoms with Crippen LogP contribution in [-0.2, 0) is 0 Å². The third kappa shape index (κ3) is 1.87. The molecule has 2 nitrogen and oxygen atoms in total. The van der Waals surface area contributed by atoms with Gasteiger partial charge in [-0.15, -0.1) is 0 Å². The molecule has 0 spiro atoms. The third-order valence-electron chi connectivity index (χ3n) is 3.46. The predicted molar refractivity (Wildman–Crippen MR) is 58.0 cm³/mol. The van der Waals surface area contributed by atoms with E-state index in [1.54, 1.807) is 0 Å². The van der Waals surface area contributed by atoms with E-state index in [0.717, 1.165) is 12.3 Å². The Balaban J connectivity index is 2.68. The Labute approximate surface area is 82.0 Å². The summed E-state index contributed by atoms with van der Waals surface area (Å²) >= 11 is 0. The molecule has 13 heavy (non-hydrogen) atoms. The monoisotopic (exact) mass is 182 g/mol. The average molecular weight is 182 g/mol. The Hall–Kier alpha value is -0.530. The van der Waals surface area contributed by atoms with Crippen LogP contribution < -0.4 is 0 Å². The van der Waals surface area contributed by atoms with E-state index in [4.69, 9.17) is 0 Å². The van der Waals surface area contributed by atoms with E-state index in [0.29, 0.717) is 0 Å². The minimum Gasteiger partial charge on any atom is -0.294 e. The van der Waals surface area contributed by atoms with Gasteiger partial charge in [0, 0.05) is 19.2 Å². The molecular formula is C11H22N2. The Morgan fingerprint density at radius 1 is 1.62 bits per heavy atom. The fourth-order valence-corrected chi connectivity index (χ4v) is 2.28. The SMILES string of the molecule is CCCC(C)C1(C)CC(C)=NN1C. The van der Waals surface area contributed by atoms with Gasteiger partial charge >= 0.3 is 0 Å². The molecule has 1 heterocycles. The molecule has 0 aromatic rings. The van der Waals surface area contributed by atoms with E-state index in [9.17, 15) is 0 Å². The first-order valence-corrected chi connectivity index (χ1v) is 5.28. The molecular weight excluding hydrogens is 160 g/mol. The smallest absolute Gasteiger partial charge is 0.0625 e. The van der Waals surface area contributed by atoms with Gasteiger partial charge in [0.15, 0.2) is 0 Å². The maximum Gasteiger partial charge on any atom is 0.0625 e. The number of rotatable bonds is 3. The van der Waals surface area contributed by atoms with Crippen molar-refractivity contribution >= 4 is 5.71 Å². The minimum absolute atomic E-state index is 0.264. The van der Waals surface area contributed by atoms with Crippen molar-refractivity contribution < 1.29 is 0 Å². The van der Waals surface area contributed by atoms with Gasteiger partial charge in [-0.3, -0.25) is 5.01 Å². The van der Waals surface area contributed by atoms with Crippen molar-refractivity contribution in [1.82, 2.24) is 5.01 Å². The van der Waals surface area contributed by atoms with E-state index in [2.05, 4.69) is 44.9 Å². The second kappa shape index (κ2) is 3.69. The van der Waals surface area contributed by atoms with Gasteiger partial charge < -0.3 is 0 Å². The quantitative estimate of drug-likeness (QED) is 0.655. The summed E-state index contributed by atoms with van der Waals surface area (Å²) in [5, 5.41) is 6.65. The van der Waals surface area contributed by atoms with Gasteiger partial charge in [0.05, 0.1) is 5.54 Å². The van der Waals surface area contributed by atoms with Crippen molar-refractivity contribution in [2.45, 2.75) is 52.5 Å². The van der Waals surface area contributed by atoms with Crippen molar-refractivity contribution in [2.24, 2.45) is 11.0 Å². The molecule has 0 bridgehead atoms. The summed E-state index contributed by atoms with van der Waals surface area (Å²) < 4.78 is 0. The molecule has 0 aromatic heterocycles. The van der Waals surface area contributed by atoms with E-state index >= 15 is 0 Å². The highest BCUT2D eigenvalue weighted by molar-refractivity contribution is 5.84. The summed E-state index contributed by atoms with van der Waals surface area (Å²) in [6.07, 6.45) is 3.69. The standard InChI is InChI=1S/C11H22N2/c1-6-7-9(2)11(4)8-10(3)12-13(11)5/h9H,6-8H2,1-5H3. The summed E-state index contributed by atoms with van der Waals surface area (Å²) in [6.45, 7) is 9.05. The van der Waals surface area contributed by atoms with Crippen LogP contribution in [-0.4, -0.2) is 23.3 Å². The summed E-state index contributed by atoms with van der Waals surface area (Å²) in [6, 6.07) is 0. The van der Waals surface area contributed by atoms with Crippen molar-refractivity contribution in [3.05, 3.63) is 0 Å². The number of hydrazone groups is 1. The molecule has 76 valence electrons. The van der Waals surface area contributed by atoms with Gasteiger partial charge in [-0.25, -0.2) is 0 Å². The largest absolute Gasteiger partial charge is 0.294 e. The molecule has 2 heteroatoms. The zero-order chi connectivity index (χ0) is 10.1. The molecule has 0 aromatic carbocycles. The van der Waals surface area contributed by atoms with Crippen LogP contribution in [0.4, 0.5) is 0 Å². The summed E-state index contributed by atoms with van der Waals surface area (Å²) in [7, 11) is 2.10. The van der Waals surface area contributed by atoms with Crippen LogP contribution in [0.1, 0.15) is 47.0 Å². The third-order valence-corrected chi connectivity index (χ3v) is 3.46. The van der Waals surface area contributed by atoms with Gasteiger partial charge in [0.2, 0.25) is 0 Å². The highest BCUT2D eigenvalue weighted by Gasteiger charge is 2.38. The lowest BCUT2D eigenvalue weighted by Crippen LogP contribution is -2.43. The van der Waals surface area contributed by atoms with Crippen LogP contribution in [0.15, 0.2) is 5.10 Å². The lowest BCUT2D eigenvalue weighted by Gasteiger charge is -2.37. The van der Waals surface area contributed by atoms with Gasteiger partial charge in [0.1, 0.15) is 0 Å². The zero-order valence-corrected chi connectivity index (χ0v) is 9.59. The zero-order valence-electron chi connectivity index (χ0n) is 9.59. The molecule has 0 radical (unpaired) electrons. The van der Waals surface area contributed by atoms with Crippen LogP contribution in [0.25, 0.3) is 0 Å².